The van der Waals surface area contributed by atoms with Crippen molar-refractivity contribution in [1.29, 1.82) is 0 Å². The summed E-state index contributed by atoms with van der Waals surface area (Å²) < 4.78 is 11.5. The number of benzene rings is 4. The molecule has 3 N–H and O–H groups in total. The van der Waals surface area contributed by atoms with Crippen LogP contribution in [-0.2, 0) is 11.2 Å². The lowest BCUT2D eigenvalue weighted by Crippen LogP contribution is -2.40. The molecule has 4 aromatic carbocycles. The molecule has 2 heterocycles. The van der Waals surface area contributed by atoms with E-state index >= 15 is 0 Å². The summed E-state index contributed by atoms with van der Waals surface area (Å²) in [4.78, 5) is 20.9. The molecule has 43 heavy (non-hydrogen) atoms. The Morgan fingerprint density at radius 1 is 0.860 bits per heavy atom. The quantitative estimate of drug-likeness (QED) is 0.122. The highest BCUT2D eigenvalue weighted by Crippen LogP contribution is 2.34. The molecule has 7 nitrogen and oxygen atoms in total. The fraction of sp³-hybridized carbons (Fsp3) is 0.114. The number of nitrogens with zero attached hydrogens (tertiary/aromatic N) is 1. The molecule has 0 saturated carbocycles. The van der Waals surface area contributed by atoms with Gasteiger partial charge < -0.3 is 24.8 Å². The number of thiocarbonyl (C=S) groups is 1. The Balaban J connectivity index is 1.36. The molecule has 0 fully saturated rings. The summed E-state index contributed by atoms with van der Waals surface area (Å²) in [5.74, 6) is 0.0804. The first-order valence-electron chi connectivity index (χ1n) is 14.0. The Morgan fingerprint density at radius 2 is 1.47 bits per heavy atom. The molecule has 6 aromatic rings. The summed E-state index contributed by atoms with van der Waals surface area (Å²) in [5.41, 5.74) is 4.95. The van der Waals surface area contributed by atoms with Crippen molar-refractivity contribution in [3.8, 4) is 11.3 Å². The van der Waals surface area contributed by atoms with Crippen molar-refractivity contribution in [2.75, 3.05) is 7.11 Å². The first-order valence-corrected chi connectivity index (χ1v) is 14.4. The second kappa shape index (κ2) is 12.8. The largest absolute Gasteiger partial charge is 0.464 e. The third-order valence-corrected chi connectivity index (χ3v) is 7.52. The van der Waals surface area contributed by atoms with Crippen LogP contribution in [0.4, 0.5) is 0 Å². The molecule has 6 rings (SSSR count). The zero-order valence-electron chi connectivity index (χ0n) is 23.5. The van der Waals surface area contributed by atoms with E-state index in [4.69, 9.17) is 21.4 Å². The van der Waals surface area contributed by atoms with E-state index < -0.39 is 12.0 Å². The van der Waals surface area contributed by atoms with Gasteiger partial charge in [-0.25, -0.2) is 9.78 Å². The van der Waals surface area contributed by atoms with Gasteiger partial charge in [-0.05, 0) is 35.0 Å². The molecule has 0 amide bonds. The number of oxazole rings is 1. The van der Waals surface area contributed by atoms with Gasteiger partial charge in [0.15, 0.2) is 16.6 Å². The number of aromatic amines is 1. The van der Waals surface area contributed by atoms with E-state index in [-0.39, 0.29) is 11.7 Å². The lowest BCUT2D eigenvalue weighted by atomic mass is 9.99. The van der Waals surface area contributed by atoms with Gasteiger partial charge in [0.1, 0.15) is 6.04 Å². The van der Waals surface area contributed by atoms with Crippen LogP contribution in [0.3, 0.4) is 0 Å². The number of aromatic nitrogens is 2. The molecule has 0 aliphatic heterocycles. The molecular weight excluding hydrogens is 556 g/mol. The van der Waals surface area contributed by atoms with Crippen molar-refractivity contribution in [3.05, 3.63) is 150 Å². The van der Waals surface area contributed by atoms with Crippen LogP contribution in [0.1, 0.15) is 45.2 Å². The highest BCUT2D eigenvalue weighted by molar-refractivity contribution is 7.80. The zero-order chi connectivity index (χ0) is 29.6. The lowest BCUT2D eigenvalue weighted by Gasteiger charge is -2.24. The van der Waals surface area contributed by atoms with Gasteiger partial charge in [-0.1, -0.05) is 109 Å². The van der Waals surface area contributed by atoms with Gasteiger partial charge in [-0.3, -0.25) is 0 Å². The molecule has 0 radical (unpaired) electrons. The molecule has 0 aliphatic carbocycles. The monoisotopic (exact) mass is 586 g/mol. The summed E-state index contributed by atoms with van der Waals surface area (Å²) in [5, 5.41) is 8.27. The maximum absolute atomic E-state index is 12.9. The minimum absolute atomic E-state index is 0.104. The molecule has 8 heteroatoms. The predicted octanol–water partition coefficient (Wildman–Crippen LogP) is 7.15. The molecule has 0 aliphatic rings. The van der Waals surface area contributed by atoms with Crippen LogP contribution >= 0.6 is 12.2 Å². The Hall–Kier alpha value is -5.21. The van der Waals surface area contributed by atoms with Gasteiger partial charge in [0.05, 0.1) is 13.2 Å². The first-order chi connectivity index (χ1) is 21.1. The van der Waals surface area contributed by atoms with E-state index in [0.717, 1.165) is 33.2 Å². The fourth-order valence-electron chi connectivity index (χ4n) is 5.19. The minimum atomic E-state index is -0.581. The Labute approximate surface area is 254 Å². The van der Waals surface area contributed by atoms with Crippen LogP contribution in [0.15, 0.2) is 126 Å². The minimum Gasteiger partial charge on any atom is -0.464 e. The molecule has 0 spiro atoms. The van der Waals surface area contributed by atoms with Crippen molar-refractivity contribution in [3.63, 3.8) is 0 Å². The number of ether oxygens (including phenoxy) is 1. The van der Waals surface area contributed by atoms with Gasteiger partial charge in [0, 0.05) is 29.1 Å². The van der Waals surface area contributed by atoms with Crippen LogP contribution in [-0.4, -0.2) is 28.2 Å². The summed E-state index contributed by atoms with van der Waals surface area (Å²) >= 11 is 5.89. The number of rotatable bonds is 9. The third-order valence-electron chi connectivity index (χ3n) is 7.28. The van der Waals surface area contributed by atoms with Crippen LogP contribution < -0.4 is 10.6 Å². The second-order valence-corrected chi connectivity index (χ2v) is 10.5. The summed E-state index contributed by atoms with van der Waals surface area (Å²) in [6.07, 6.45) is 2.33. The summed E-state index contributed by atoms with van der Waals surface area (Å²) in [6, 6.07) is 37.4. The molecule has 0 bridgehead atoms. The van der Waals surface area contributed by atoms with Crippen LogP contribution in [0.25, 0.3) is 22.2 Å². The van der Waals surface area contributed by atoms with Gasteiger partial charge >= 0.3 is 5.97 Å². The molecule has 1 atom stereocenters. The lowest BCUT2D eigenvalue weighted by molar-refractivity contribution is 0.0595. The number of fused-ring (bicyclic) bond motifs is 1. The van der Waals surface area contributed by atoms with Gasteiger partial charge in [-0.2, -0.15) is 0 Å². The average Bonchev–Trinajstić information content (AvgIpc) is 3.69. The van der Waals surface area contributed by atoms with Gasteiger partial charge in [0.25, 0.3) is 0 Å². The number of H-pyrrole nitrogens is 1. The fourth-order valence-corrected chi connectivity index (χ4v) is 5.45. The van der Waals surface area contributed by atoms with Crippen LogP contribution in [0, 0.1) is 0 Å². The molecule has 0 saturated heterocycles. The predicted molar refractivity (Wildman–Crippen MR) is 172 cm³/mol. The van der Waals surface area contributed by atoms with E-state index in [1.165, 1.54) is 7.11 Å². The highest BCUT2D eigenvalue weighted by Gasteiger charge is 2.29. The Bertz CT molecular complexity index is 1800. The number of hydrogen-bond acceptors (Lipinski definition) is 5. The maximum atomic E-state index is 12.9. The topological polar surface area (TPSA) is 92.2 Å². The number of hydrogen-bond donors (Lipinski definition) is 3. The molecule has 1 unspecified atom stereocenters. The highest BCUT2D eigenvalue weighted by atomic mass is 32.1. The van der Waals surface area contributed by atoms with E-state index in [1.54, 1.807) is 0 Å². The normalized spacial score (nSPS) is 11.8. The second-order valence-electron chi connectivity index (χ2n) is 10.1. The van der Waals surface area contributed by atoms with E-state index in [0.29, 0.717) is 23.2 Å². The summed E-state index contributed by atoms with van der Waals surface area (Å²) in [7, 11) is 1.34. The van der Waals surface area contributed by atoms with E-state index in [9.17, 15) is 4.79 Å². The summed E-state index contributed by atoms with van der Waals surface area (Å²) in [6.45, 7) is 0. The van der Waals surface area contributed by atoms with Crippen molar-refractivity contribution >= 4 is 34.2 Å². The number of nitrogens with one attached hydrogen (secondary N) is 3. The molecule has 214 valence electrons. The van der Waals surface area contributed by atoms with E-state index in [1.807, 2.05) is 97.2 Å². The van der Waals surface area contributed by atoms with Crippen molar-refractivity contribution in [2.45, 2.75) is 18.5 Å². The van der Waals surface area contributed by atoms with Crippen molar-refractivity contribution in [2.24, 2.45) is 0 Å². The van der Waals surface area contributed by atoms with Gasteiger partial charge in [-0.15, -0.1) is 0 Å². The van der Waals surface area contributed by atoms with Gasteiger partial charge in [0.2, 0.25) is 5.89 Å². The van der Waals surface area contributed by atoms with Crippen molar-refractivity contribution in [1.82, 2.24) is 20.6 Å². The smallest absolute Gasteiger partial charge is 0.360 e. The van der Waals surface area contributed by atoms with E-state index in [2.05, 4.69) is 44.9 Å². The number of methoxy groups -OCH3 is 1. The van der Waals surface area contributed by atoms with Crippen LogP contribution in [0.2, 0.25) is 0 Å². The molecular formula is C35H30N4O3S. The Morgan fingerprint density at radius 3 is 2.12 bits per heavy atom. The van der Waals surface area contributed by atoms with Crippen LogP contribution in [0.5, 0.6) is 0 Å². The number of carbonyl (C=O) groups excluding carboxylic acids is 1. The Kier molecular flexibility index (Phi) is 8.28. The molecule has 2 aromatic heterocycles. The number of para-hydroxylation sites is 1. The van der Waals surface area contributed by atoms with Crippen molar-refractivity contribution < 1.29 is 13.9 Å². The number of esters is 1. The average molecular weight is 587 g/mol. The third kappa shape index (κ3) is 6.19. The standard InChI is InChI=1S/C35H30N4O3S/c1-41-34(40)31-32(27-22-36-28-20-12-11-19-26(27)28)42-33(38-31)29(21-23-13-5-2-6-14-23)37-35(43)39-30(24-15-7-3-8-16-24)25-17-9-4-10-18-25/h2-20,22,29-30,36H,21H2,1H3,(H2,37,39,43). The maximum Gasteiger partial charge on any atom is 0.360 e. The SMILES string of the molecule is COC(=O)c1nc(C(Cc2ccccc2)NC(=S)NC(c2ccccc2)c2ccccc2)oc1-c1c[nH]c2ccccc12. The number of carbonyl (C=O) groups is 1. The zero-order valence-corrected chi connectivity index (χ0v) is 24.3. The first kappa shape index (κ1) is 27.9.